The highest BCUT2D eigenvalue weighted by atomic mass is 16.4. The number of carbonyl (C=O) groups is 2. The highest BCUT2D eigenvalue weighted by molar-refractivity contribution is 5.88. The summed E-state index contributed by atoms with van der Waals surface area (Å²) in [6.07, 6.45) is 7.94. The maximum Gasteiger partial charge on any atom is 0.329 e. The Morgan fingerprint density at radius 2 is 1.89 bits per heavy atom. The van der Waals surface area contributed by atoms with Crippen LogP contribution in [-0.4, -0.2) is 22.5 Å². The zero-order chi connectivity index (χ0) is 13.2. The average Bonchev–Trinajstić information content (AvgIpc) is 2.75. The van der Waals surface area contributed by atoms with Crippen LogP contribution in [0.3, 0.4) is 0 Å². The summed E-state index contributed by atoms with van der Waals surface area (Å²) in [6.45, 7) is 1.92. The van der Waals surface area contributed by atoms with Gasteiger partial charge in [0.05, 0.1) is 0 Å². The molecular weight excluding hydrogens is 230 g/mol. The normalized spacial score (nSPS) is 24.3. The molecule has 0 spiro atoms. The molecule has 0 heterocycles. The van der Waals surface area contributed by atoms with Crippen LogP contribution >= 0.6 is 0 Å². The lowest BCUT2D eigenvalue weighted by Gasteiger charge is -2.39. The van der Waals surface area contributed by atoms with Gasteiger partial charge >= 0.3 is 5.97 Å². The number of hydrogen-bond acceptors (Lipinski definition) is 2. The van der Waals surface area contributed by atoms with Crippen LogP contribution in [0, 0.1) is 11.8 Å². The molecule has 2 aliphatic rings. The standard InChI is InChI=1S/C14H23NO3/c1-10(9-11-5-2-3-6-11)12(16)15-14(13(17)18)7-4-8-14/h10-11H,2-9H2,1H3,(H,15,16)(H,17,18). The van der Waals surface area contributed by atoms with Crippen LogP contribution in [0.15, 0.2) is 0 Å². The molecule has 2 rings (SSSR count). The van der Waals surface area contributed by atoms with Gasteiger partial charge in [0.2, 0.25) is 5.91 Å². The summed E-state index contributed by atoms with van der Waals surface area (Å²) in [5.74, 6) is -0.364. The van der Waals surface area contributed by atoms with E-state index in [1.54, 1.807) is 0 Å². The van der Waals surface area contributed by atoms with Crippen LogP contribution in [0.5, 0.6) is 0 Å². The Kier molecular flexibility index (Phi) is 3.93. The van der Waals surface area contributed by atoms with Gasteiger partial charge in [0, 0.05) is 5.92 Å². The predicted molar refractivity (Wildman–Crippen MR) is 68.1 cm³/mol. The Morgan fingerprint density at radius 3 is 2.33 bits per heavy atom. The van der Waals surface area contributed by atoms with Crippen molar-refractivity contribution in [2.75, 3.05) is 0 Å². The number of aliphatic carboxylic acids is 1. The molecule has 1 unspecified atom stereocenters. The Bertz CT molecular complexity index is 330. The van der Waals surface area contributed by atoms with E-state index in [9.17, 15) is 14.7 Å². The van der Waals surface area contributed by atoms with Gasteiger partial charge in [0.25, 0.3) is 0 Å². The summed E-state index contributed by atoms with van der Waals surface area (Å²) in [5, 5.41) is 11.9. The van der Waals surface area contributed by atoms with Crippen molar-refractivity contribution >= 4 is 11.9 Å². The number of hydrogen-bond donors (Lipinski definition) is 2. The van der Waals surface area contributed by atoms with Crippen LogP contribution in [-0.2, 0) is 9.59 Å². The van der Waals surface area contributed by atoms with Crippen molar-refractivity contribution in [3.63, 3.8) is 0 Å². The number of amides is 1. The van der Waals surface area contributed by atoms with Crippen LogP contribution in [0.1, 0.15) is 58.3 Å². The molecule has 18 heavy (non-hydrogen) atoms. The average molecular weight is 253 g/mol. The minimum atomic E-state index is -0.957. The van der Waals surface area contributed by atoms with Gasteiger partial charge in [-0.2, -0.15) is 0 Å². The number of carbonyl (C=O) groups excluding carboxylic acids is 1. The molecule has 4 nitrogen and oxygen atoms in total. The van der Waals surface area contributed by atoms with Crippen molar-refractivity contribution < 1.29 is 14.7 Å². The Morgan fingerprint density at radius 1 is 1.28 bits per heavy atom. The predicted octanol–water partition coefficient (Wildman–Crippen LogP) is 2.33. The quantitative estimate of drug-likeness (QED) is 0.790. The monoisotopic (exact) mass is 253 g/mol. The SMILES string of the molecule is CC(CC1CCCC1)C(=O)NC1(C(=O)O)CCC1. The maximum atomic E-state index is 12.1. The van der Waals surface area contributed by atoms with Crippen LogP contribution < -0.4 is 5.32 Å². The molecule has 0 aromatic rings. The van der Waals surface area contributed by atoms with E-state index in [-0.39, 0.29) is 11.8 Å². The number of carboxylic acid groups (broad SMARTS) is 1. The first kappa shape index (κ1) is 13.4. The molecule has 2 fully saturated rings. The second-order valence-corrected chi connectivity index (χ2v) is 6.02. The Balaban J connectivity index is 1.84. The minimum absolute atomic E-state index is 0.0649. The molecule has 0 aliphatic heterocycles. The van der Waals surface area contributed by atoms with Crippen molar-refractivity contribution in [1.82, 2.24) is 5.32 Å². The van der Waals surface area contributed by atoms with Crippen LogP contribution in [0.4, 0.5) is 0 Å². The first-order valence-electron chi connectivity index (χ1n) is 7.09. The first-order chi connectivity index (χ1) is 8.53. The molecule has 2 N–H and O–H groups in total. The van der Waals surface area contributed by atoms with Gasteiger partial charge in [-0.1, -0.05) is 32.6 Å². The van der Waals surface area contributed by atoms with Crippen LogP contribution in [0.2, 0.25) is 0 Å². The van der Waals surface area contributed by atoms with Crippen molar-refractivity contribution in [2.45, 2.75) is 63.8 Å². The smallest absolute Gasteiger partial charge is 0.329 e. The number of nitrogens with one attached hydrogen (secondary N) is 1. The lowest BCUT2D eigenvalue weighted by atomic mass is 9.76. The lowest BCUT2D eigenvalue weighted by Crippen LogP contribution is -2.60. The highest BCUT2D eigenvalue weighted by Gasteiger charge is 2.46. The fourth-order valence-electron chi connectivity index (χ4n) is 3.13. The third-order valence-electron chi connectivity index (χ3n) is 4.59. The molecular formula is C14H23NO3. The molecule has 1 atom stereocenters. The molecule has 2 saturated carbocycles. The van der Waals surface area contributed by atoms with Crippen molar-refractivity contribution in [3.8, 4) is 0 Å². The Hall–Kier alpha value is -1.06. The molecule has 1 amide bonds. The summed E-state index contributed by atoms with van der Waals surface area (Å²) in [6, 6.07) is 0. The number of rotatable bonds is 5. The maximum absolute atomic E-state index is 12.1. The van der Waals surface area contributed by atoms with Gasteiger partial charge in [-0.05, 0) is 31.6 Å². The van der Waals surface area contributed by atoms with Gasteiger partial charge in [-0.25, -0.2) is 4.79 Å². The molecule has 0 aromatic carbocycles. The summed E-state index contributed by atoms with van der Waals surface area (Å²) in [5.41, 5.74) is -0.957. The number of carboxylic acids is 1. The van der Waals surface area contributed by atoms with E-state index in [1.807, 2.05) is 6.92 Å². The molecule has 4 heteroatoms. The Labute approximate surface area is 108 Å². The molecule has 102 valence electrons. The van der Waals surface area contributed by atoms with Gasteiger partial charge < -0.3 is 10.4 Å². The third-order valence-corrected chi connectivity index (χ3v) is 4.59. The van der Waals surface area contributed by atoms with Crippen molar-refractivity contribution in [3.05, 3.63) is 0 Å². The zero-order valence-electron chi connectivity index (χ0n) is 11.1. The molecule has 0 bridgehead atoms. The summed E-state index contributed by atoms with van der Waals surface area (Å²) >= 11 is 0. The second kappa shape index (κ2) is 5.29. The topological polar surface area (TPSA) is 66.4 Å². The summed E-state index contributed by atoms with van der Waals surface area (Å²) in [4.78, 5) is 23.3. The van der Waals surface area contributed by atoms with E-state index in [4.69, 9.17) is 0 Å². The van der Waals surface area contributed by atoms with Gasteiger partial charge in [-0.15, -0.1) is 0 Å². The molecule has 0 aromatic heterocycles. The fraction of sp³-hybridized carbons (Fsp3) is 0.857. The van der Waals surface area contributed by atoms with Crippen LogP contribution in [0.25, 0.3) is 0 Å². The van der Waals surface area contributed by atoms with E-state index in [0.717, 1.165) is 12.8 Å². The molecule has 0 saturated heterocycles. The molecule has 0 radical (unpaired) electrons. The van der Waals surface area contributed by atoms with Gasteiger partial charge in [-0.3, -0.25) is 4.79 Å². The largest absolute Gasteiger partial charge is 0.480 e. The van der Waals surface area contributed by atoms with Crippen molar-refractivity contribution in [1.29, 1.82) is 0 Å². The zero-order valence-corrected chi connectivity index (χ0v) is 11.1. The minimum Gasteiger partial charge on any atom is -0.480 e. The second-order valence-electron chi connectivity index (χ2n) is 6.02. The van der Waals surface area contributed by atoms with E-state index in [2.05, 4.69) is 5.32 Å². The van der Waals surface area contributed by atoms with Gasteiger partial charge in [0.1, 0.15) is 5.54 Å². The fourth-order valence-corrected chi connectivity index (χ4v) is 3.13. The van der Waals surface area contributed by atoms with E-state index >= 15 is 0 Å². The third kappa shape index (κ3) is 2.68. The highest BCUT2D eigenvalue weighted by Crippen LogP contribution is 2.34. The van der Waals surface area contributed by atoms with E-state index in [1.165, 1.54) is 25.7 Å². The first-order valence-corrected chi connectivity index (χ1v) is 7.09. The van der Waals surface area contributed by atoms with Gasteiger partial charge in [0.15, 0.2) is 0 Å². The lowest BCUT2D eigenvalue weighted by molar-refractivity contribution is -0.152. The molecule has 2 aliphatic carbocycles. The summed E-state index contributed by atoms with van der Waals surface area (Å²) < 4.78 is 0. The van der Waals surface area contributed by atoms with Crippen molar-refractivity contribution in [2.24, 2.45) is 11.8 Å². The van der Waals surface area contributed by atoms with E-state index < -0.39 is 11.5 Å². The summed E-state index contributed by atoms with van der Waals surface area (Å²) in [7, 11) is 0. The van der Waals surface area contributed by atoms with E-state index in [0.29, 0.717) is 18.8 Å².